The zero-order chi connectivity index (χ0) is 31.5. The number of carboxylic acid groups (broad SMARTS) is 1. The topological polar surface area (TPSA) is 112 Å². The number of thioether (sulfide) groups is 1. The van der Waals surface area contributed by atoms with Gasteiger partial charge in [0.25, 0.3) is 5.91 Å². The van der Waals surface area contributed by atoms with E-state index in [2.05, 4.69) is 15.3 Å². The molecule has 2 amide bonds. The number of carboxylic acids is 1. The van der Waals surface area contributed by atoms with Gasteiger partial charge in [-0.15, -0.1) is 0 Å². The zero-order valence-electron chi connectivity index (χ0n) is 24.5. The Morgan fingerprint density at radius 3 is 2.31 bits per heavy atom. The number of carbonyl (C=O) groups excluding carboxylic acids is 2. The summed E-state index contributed by atoms with van der Waals surface area (Å²) in [5.74, 6) is -1.55. The summed E-state index contributed by atoms with van der Waals surface area (Å²) in [5, 5.41) is 13.1. The van der Waals surface area contributed by atoms with Crippen LogP contribution < -0.4 is 10.2 Å². The van der Waals surface area contributed by atoms with E-state index in [4.69, 9.17) is 0 Å². The Morgan fingerprint density at radius 2 is 1.60 bits per heavy atom. The zero-order valence-corrected chi connectivity index (χ0v) is 25.3. The number of amides is 2. The first kappa shape index (κ1) is 29.5. The predicted octanol–water partition coefficient (Wildman–Crippen LogP) is 7.41. The van der Waals surface area contributed by atoms with Crippen LogP contribution in [0.2, 0.25) is 0 Å². The molecule has 6 rings (SSSR count). The number of nitrogens with one attached hydrogen (secondary N) is 1. The van der Waals surface area contributed by atoms with E-state index < -0.39 is 11.2 Å². The fourth-order valence-corrected chi connectivity index (χ4v) is 5.81. The molecule has 1 aliphatic rings. The lowest BCUT2D eigenvalue weighted by molar-refractivity contribution is -0.115. The normalized spacial score (nSPS) is 14.4. The van der Waals surface area contributed by atoms with E-state index in [0.717, 1.165) is 11.1 Å². The van der Waals surface area contributed by atoms with E-state index in [1.165, 1.54) is 16.7 Å². The molecule has 1 aliphatic heterocycles. The summed E-state index contributed by atoms with van der Waals surface area (Å²) < 4.78 is 0. The Labute approximate surface area is 264 Å². The van der Waals surface area contributed by atoms with Gasteiger partial charge in [0.1, 0.15) is 5.70 Å². The predicted molar refractivity (Wildman–Crippen MR) is 180 cm³/mol. The highest BCUT2D eigenvalue weighted by Gasteiger charge is 2.34. The van der Waals surface area contributed by atoms with Crippen molar-refractivity contribution in [3.63, 3.8) is 0 Å². The molecule has 1 atom stereocenters. The molecule has 1 aromatic heterocycles. The maximum absolute atomic E-state index is 13.5. The van der Waals surface area contributed by atoms with Gasteiger partial charge in [-0.1, -0.05) is 90.1 Å². The quantitative estimate of drug-likeness (QED) is 0.185. The molecule has 0 aliphatic carbocycles. The highest BCUT2D eigenvalue weighted by atomic mass is 32.2. The minimum atomic E-state index is -1.03. The summed E-state index contributed by atoms with van der Waals surface area (Å²) in [6.45, 7) is 3.76. The van der Waals surface area contributed by atoms with E-state index in [0.29, 0.717) is 44.4 Å². The standard InChI is InChI=1S/C36H28N4O4S/c1-22-12-14-24(15-13-22)20-32-34(42)40(27-8-4-3-5-9-27)36(39-32)45-23(2)33(41)37-26-18-16-25(17-19-26)31-21-29(35(43)44)28-10-6-7-11-30(28)38-31/h3-21,23H,1-2H3,(H,37,41)(H,43,44)/b32-20-. The van der Waals surface area contributed by atoms with E-state index in [1.807, 2.05) is 67.6 Å². The number of anilines is 2. The average molecular weight is 613 g/mol. The van der Waals surface area contributed by atoms with Crippen LogP contribution in [0.5, 0.6) is 0 Å². The number of aliphatic imine (C=N–C) groups is 1. The lowest BCUT2D eigenvalue weighted by atomic mass is 10.0. The van der Waals surface area contributed by atoms with Gasteiger partial charge in [0, 0.05) is 16.6 Å². The minimum Gasteiger partial charge on any atom is -0.478 e. The van der Waals surface area contributed by atoms with Crippen LogP contribution in [-0.4, -0.2) is 38.3 Å². The molecule has 0 bridgehead atoms. The third-order valence-corrected chi connectivity index (χ3v) is 8.32. The van der Waals surface area contributed by atoms with Crippen LogP contribution in [0.3, 0.4) is 0 Å². The van der Waals surface area contributed by atoms with Gasteiger partial charge in [0.15, 0.2) is 5.17 Å². The Bertz CT molecular complexity index is 1990. The third kappa shape index (κ3) is 6.39. The summed E-state index contributed by atoms with van der Waals surface area (Å²) in [6.07, 6.45) is 1.75. The number of pyridine rings is 1. The van der Waals surface area contributed by atoms with Gasteiger partial charge in [0.05, 0.1) is 27.7 Å². The van der Waals surface area contributed by atoms with Crippen molar-refractivity contribution in [3.8, 4) is 11.3 Å². The average Bonchev–Trinajstić information content (AvgIpc) is 3.35. The number of aryl methyl sites for hydroxylation is 1. The van der Waals surface area contributed by atoms with E-state index in [9.17, 15) is 19.5 Å². The van der Waals surface area contributed by atoms with Crippen molar-refractivity contribution in [3.05, 3.63) is 132 Å². The number of rotatable bonds is 7. The first-order chi connectivity index (χ1) is 21.8. The number of carbonyl (C=O) groups is 3. The monoisotopic (exact) mass is 612 g/mol. The van der Waals surface area contributed by atoms with Crippen molar-refractivity contribution in [2.75, 3.05) is 10.2 Å². The molecule has 4 aromatic carbocycles. The number of aromatic nitrogens is 1. The van der Waals surface area contributed by atoms with Crippen LogP contribution in [0.1, 0.15) is 28.4 Å². The largest absolute Gasteiger partial charge is 0.478 e. The van der Waals surface area contributed by atoms with E-state index in [-0.39, 0.29) is 17.4 Å². The van der Waals surface area contributed by atoms with Gasteiger partial charge in [-0.2, -0.15) is 0 Å². The van der Waals surface area contributed by atoms with Gasteiger partial charge >= 0.3 is 5.97 Å². The number of hydrogen-bond acceptors (Lipinski definition) is 6. The van der Waals surface area contributed by atoms with Crippen molar-refractivity contribution in [1.82, 2.24) is 4.98 Å². The second kappa shape index (κ2) is 12.6. The van der Waals surface area contributed by atoms with Gasteiger partial charge in [0.2, 0.25) is 5.91 Å². The fourth-order valence-electron chi connectivity index (χ4n) is 4.88. The molecule has 0 radical (unpaired) electrons. The molecule has 45 heavy (non-hydrogen) atoms. The van der Waals surface area contributed by atoms with Crippen LogP contribution in [-0.2, 0) is 9.59 Å². The van der Waals surface area contributed by atoms with Crippen molar-refractivity contribution in [2.45, 2.75) is 19.1 Å². The smallest absolute Gasteiger partial charge is 0.336 e. The SMILES string of the molecule is Cc1ccc(/C=C2\N=C(SC(C)C(=O)Nc3ccc(-c4cc(C(=O)O)c5ccccc5n4)cc3)N(c3ccccc3)C2=O)cc1. The molecular formula is C36H28N4O4S. The number of nitrogens with zero attached hydrogens (tertiary/aromatic N) is 3. The van der Waals surface area contributed by atoms with Crippen LogP contribution >= 0.6 is 11.8 Å². The highest BCUT2D eigenvalue weighted by molar-refractivity contribution is 8.15. The molecule has 2 N–H and O–H groups in total. The minimum absolute atomic E-state index is 0.175. The third-order valence-electron chi connectivity index (χ3n) is 7.27. The van der Waals surface area contributed by atoms with Crippen molar-refractivity contribution < 1.29 is 19.5 Å². The van der Waals surface area contributed by atoms with Gasteiger partial charge in [-0.05, 0) is 61.9 Å². The first-order valence-corrected chi connectivity index (χ1v) is 15.1. The number of hydrogen-bond donors (Lipinski definition) is 2. The second-order valence-corrected chi connectivity index (χ2v) is 11.8. The molecule has 1 unspecified atom stereocenters. The first-order valence-electron chi connectivity index (χ1n) is 14.2. The van der Waals surface area contributed by atoms with Crippen LogP contribution in [0, 0.1) is 6.92 Å². The van der Waals surface area contributed by atoms with Crippen molar-refractivity contribution in [1.29, 1.82) is 0 Å². The maximum Gasteiger partial charge on any atom is 0.336 e. The number of fused-ring (bicyclic) bond motifs is 1. The highest BCUT2D eigenvalue weighted by Crippen LogP contribution is 2.32. The Kier molecular flexibility index (Phi) is 8.26. The van der Waals surface area contributed by atoms with Crippen LogP contribution in [0.15, 0.2) is 120 Å². The fraction of sp³-hybridized carbons (Fsp3) is 0.0833. The molecule has 0 fully saturated rings. The lowest BCUT2D eigenvalue weighted by Crippen LogP contribution is -2.33. The van der Waals surface area contributed by atoms with Crippen molar-refractivity contribution in [2.24, 2.45) is 4.99 Å². The number of benzene rings is 4. The Balaban J connectivity index is 1.20. The molecule has 8 nitrogen and oxygen atoms in total. The van der Waals surface area contributed by atoms with Crippen molar-refractivity contribution >= 4 is 63.1 Å². The van der Waals surface area contributed by atoms with Gasteiger partial charge in [-0.25, -0.2) is 14.8 Å². The Morgan fingerprint density at radius 1 is 0.911 bits per heavy atom. The summed E-state index contributed by atoms with van der Waals surface area (Å²) >= 11 is 1.20. The number of amidine groups is 1. The molecule has 2 heterocycles. The van der Waals surface area contributed by atoms with Gasteiger partial charge < -0.3 is 10.4 Å². The van der Waals surface area contributed by atoms with Crippen LogP contribution in [0.4, 0.5) is 11.4 Å². The van der Waals surface area contributed by atoms with Gasteiger partial charge in [-0.3, -0.25) is 14.5 Å². The lowest BCUT2D eigenvalue weighted by Gasteiger charge is -2.20. The molecule has 222 valence electrons. The van der Waals surface area contributed by atoms with E-state index >= 15 is 0 Å². The molecule has 9 heteroatoms. The molecule has 0 saturated carbocycles. The summed E-state index contributed by atoms with van der Waals surface area (Å²) in [5.41, 5.74) is 5.51. The second-order valence-electron chi connectivity index (χ2n) is 10.5. The maximum atomic E-state index is 13.5. The summed E-state index contributed by atoms with van der Waals surface area (Å²) in [4.78, 5) is 49.5. The number of para-hydroxylation sites is 2. The molecule has 5 aromatic rings. The molecular weight excluding hydrogens is 584 g/mol. The summed E-state index contributed by atoms with van der Waals surface area (Å²) in [6, 6.07) is 32.8. The molecule has 0 spiro atoms. The Hall–Kier alpha value is -5.54. The summed E-state index contributed by atoms with van der Waals surface area (Å²) in [7, 11) is 0. The molecule has 0 saturated heterocycles. The van der Waals surface area contributed by atoms with E-state index in [1.54, 1.807) is 61.5 Å². The number of aromatic carboxylic acids is 1. The van der Waals surface area contributed by atoms with Crippen LogP contribution in [0.25, 0.3) is 28.2 Å².